The molecule has 2 N–H and O–H groups in total. The van der Waals surface area contributed by atoms with Crippen molar-refractivity contribution >= 4 is 5.91 Å². The molecule has 1 atom stereocenters. The fourth-order valence-electron chi connectivity index (χ4n) is 2.83. The lowest BCUT2D eigenvalue weighted by Gasteiger charge is -2.41. The molecule has 92 valence electrons. The molecule has 1 amide bonds. The van der Waals surface area contributed by atoms with Crippen molar-refractivity contribution in [3.05, 3.63) is 0 Å². The van der Waals surface area contributed by atoms with Gasteiger partial charge in [-0.1, -0.05) is 6.42 Å². The van der Waals surface area contributed by atoms with Crippen LogP contribution in [0.4, 0.5) is 0 Å². The van der Waals surface area contributed by atoms with Gasteiger partial charge in [0.1, 0.15) is 0 Å². The summed E-state index contributed by atoms with van der Waals surface area (Å²) in [6, 6.07) is 0. The number of methoxy groups -OCH3 is 1. The summed E-state index contributed by atoms with van der Waals surface area (Å²) in [6.45, 7) is 3.01. The van der Waals surface area contributed by atoms with E-state index in [9.17, 15) is 4.79 Å². The van der Waals surface area contributed by atoms with Gasteiger partial charge in [0.05, 0.1) is 12.0 Å². The van der Waals surface area contributed by atoms with Crippen LogP contribution in [-0.4, -0.2) is 44.2 Å². The Morgan fingerprint density at radius 1 is 1.56 bits per heavy atom. The van der Waals surface area contributed by atoms with Gasteiger partial charge in [0, 0.05) is 32.7 Å². The maximum absolute atomic E-state index is 12.3. The molecule has 1 unspecified atom stereocenters. The molecule has 2 rings (SSSR count). The summed E-state index contributed by atoms with van der Waals surface area (Å²) >= 11 is 0. The van der Waals surface area contributed by atoms with Gasteiger partial charge in [-0.25, -0.2) is 0 Å². The normalized spacial score (nSPS) is 27.9. The summed E-state index contributed by atoms with van der Waals surface area (Å²) < 4.78 is 5.14. The fourth-order valence-corrected chi connectivity index (χ4v) is 2.83. The molecule has 1 heterocycles. The maximum Gasteiger partial charge on any atom is 0.230 e. The molecule has 0 spiro atoms. The molecule has 0 aromatic rings. The second-order valence-corrected chi connectivity index (χ2v) is 5.20. The van der Waals surface area contributed by atoms with E-state index >= 15 is 0 Å². The van der Waals surface area contributed by atoms with E-state index in [1.807, 2.05) is 4.90 Å². The summed E-state index contributed by atoms with van der Waals surface area (Å²) in [6.07, 6.45) is 4.18. The summed E-state index contributed by atoms with van der Waals surface area (Å²) in [5, 5.41) is 0. The predicted molar refractivity (Wildman–Crippen MR) is 61.9 cm³/mol. The van der Waals surface area contributed by atoms with E-state index in [1.165, 1.54) is 0 Å². The quantitative estimate of drug-likeness (QED) is 0.764. The van der Waals surface area contributed by atoms with Crippen LogP contribution < -0.4 is 5.73 Å². The Balaban J connectivity index is 1.91. The highest BCUT2D eigenvalue weighted by molar-refractivity contribution is 5.84. The van der Waals surface area contributed by atoms with E-state index in [4.69, 9.17) is 10.5 Å². The van der Waals surface area contributed by atoms with Crippen LogP contribution in [0, 0.1) is 11.3 Å². The topological polar surface area (TPSA) is 55.6 Å². The number of amides is 1. The van der Waals surface area contributed by atoms with Gasteiger partial charge in [0.2, 0.25) is 5.91 Å². The molecule has 1 aliphatic carbocycles. The summed E-state index contributed by atoms with van der Waals surface area (Å²) in [5.74, 6) is 0.809. The first-order valence-electron chi connectivity index (χ1n) is 6.20. The highest BCUT2D eigenvalue weighted by atomic mass is 16.5. The Kier molecular flexibility index (Phi) is 3.50. The summed E-state index contributed by atoms with van der Waals surface area (Å²) in [7, 11) is 1.72. The third-order valence-corrected chi connectivity index (χ3v) is 4.13. The zero-order valence-corrected chi connectivity index (χ0v) is 10.1. The van der Waals surface area contributed by atoms with Crippen molar-refractivity contribution in [2.75, 3.05) is 33.4 Å². The lowest BCUT2D eigenvalue weighted by Crippen LogP contribution is -2.51. The average Bonchev–Trinajstić information content (AvgIpc) is 2.66. The number of likely N-dealkylation sites (tertiary alicyclic amines) is 1. The van der Waals surface area contributed by atoms with Gasteiger partial charge in [-0.05, 0) is 19.3 Å². The second kappa shape index (κ2) is 4.72. The zero-order valence-electron chi connectivity index (χ0n) is 10.1. The standard InChI is InChI=1S/C12H22N2O2/c1-16-8-10-3-6-14(7-10)11(15)12(9-13)4-2-5-12/h10H,2-9,13H2,1H3. The van der Waals surface area contributed by atoms with E-state index < -0.39 is 0 Å². The number of hydrogen-bond donors (Lipinski definition) is 1. The van der Waals surface area contributed by atoms with Gasteiger partial charge in [0.15, 0.2) is 0 Å². The minimum absolute atomic E-state index is 0.206. The van der Waals surface area contributed by atoms with Gasteiger partial charge in [-0.2, -0.15) is 0 Å². The average molecular weight is 226 g/mol. The molecule has 0 aromatic carbocycles. The first-order valence-corrected chi connectivity index (χ1v) is 6.20. The van der Waals surface area contributed by atoms with Gasteiger partial charge < -0.3 is 15.4 Å². The lowest BCUT2D eigenvalue weighted by atomic mass is 9.68. The van der Waals surface area contributed by atoms with Crippen molar-refractivity contribution < 1.29 is 9.53 Å². The smallest absolute Gasteiger partial charge is 0.230 e. The van der Waals surface area contributed by atoms with Crippen LogP contribution in [0.5, 0.6) is 0 Å². The Hall–Kier alpha value is -0.610. The molecule has 0 radical (unpaired) electrons. The number of hydrogen-bond acceptors (Lipinski definition) is 3. The largest absolute Gasteiger partial charge is 0.384 e. The number of carbonyl (C=O) groups excluding carboxylic acids is 1. The molecular weight excluding hydrogens is 204 g/mol. The second-order valence-electron chi connectivity index (χ2n) is 5.20. The van der Waals surface area contributed by atoms with Crippen LogP contribution in [0.25, 0.3) is 0 Å². The van der Waals surface area contributed by atoms with Crippen LogP contribution >= 0.6 is 0 Å². The van der Waals surface area contributed by atoms with Crippen molar-refractivity contribution in [3.8, 4) is 0 Å². The number of nitrogens with zero attached hydrogens (tertiary/aromatic N) is 1. The van der Waals surface area contributed by atoms with Crippen LogP contribution in [-0.2, 0) is 9.53 Å². The highest BCUT2D eigenvalue weighted by Gasteiger charge is 2.46. The van der Waals surface area contributed by atoms with Crippen LogP contribution in [0.2, 0.25) is 0 Å². The van der Waals surface area contributed by atoms with Crippen LogP contribution in [0.15, 0.2) is 0 Å². The van der Waals surface area contributed by atoms with Crippen molar-refractivity contribution in [2.45, 2.75) is 25.7 Å². The Labute approximate surface area is 97.1 Å². The van der Waals surface area contributed by atoms with Crippen molar-refractivity contribution in [3.63, 3.8) is 0 Å². The molecule has 2 aliphatic rings. The van der Waals surface area contributed by atoms with E-state index in [-0.39, 0.29) is 5.41 Å². The van der Waals surface area contributed by atoms with Gasteiger partial charge in [0.25, 0.3) is 0 Å². The van der Waals surface area contributed by atoms with E-state index in [0.717, 1.165) is 45.4 Å². The molecule has 1 saturated carbocycles. The fraction of sp³-hybridized carbons (Fsp3) is 0.917. The first-order chi connectivity index (χ1) is 7.72. The molecule has 4 heteroatoms. The zero-order chi connectivity index (χ0) is 11.6. The number of nitrogens with two attached hydrogens (primary N) is 1. The van der Waals surface area contributed by atoms with Crippen molar-refractivity contribution in [2.24, 2.45) is 17.1 Å². The molecular formula is C12H22N2O2. The van der Waals surface area contributed by atoms with Gasteiger partial charge in [-0.15, -0.1) is 0 Å². The van der Waals surface area contributed by atoms with Crippen molar-refractivity contribution in [1.82, 2.24) is 4.90 Å². The van der Waals surface area contributed by atoms with E-state index in [2.05, 4.69) is 0 Å². The maximum atomic E-state index is 12.3. The van der Waals surface area contributed by atoms with Gasteiger partial charge in [-0.3, -0.25) is 4.79 Å². The lowest BCUT2D eigenvalue weighted by molar-refractivity contribution is -0.145. The number of carbonyl (C=O) groups is 1. The van der Waals surface area contributed by atoms with E-state index in [0.29, 0.717) is 18.4 Å². The minimum atomic E-state index is -0.206. The van der Waals surface area contributed by atoms with Gasteiger partial charge >= 0.3 is 0 Å². The molecule has 16 heavy (non-hydrogen) atoms. The Morgan fingerprint density at radius 2 is 2.31 bits per heavy atom. The summed E-state index contributed by atoms with van der Waals surface area (Å²) in [5.41, 5.74) is 5.55. The predicted octanol–water partition coefficient (Wildman–Crippen LogP) is 0.610. The van der Waals surface area contributed by atoms with Crippen LogP contribution in [0.3, 0.4) is 0 Å². The van der Waals surface area contributed by atoms with E-state index in [1.54, 1.807) is 7.11 Å². The third kappa shape index (κ3) is 1.96. The Bertz CT molecular complexity index is 258. The molecule has 2 fully saturated rings. The van der Waals surface area contributed by atoms with Crippen molar-refractivity contribution in [1.29, 1.82) is 0 Å². The molecule has 0 bridgehead atoms. The highest BCUT2D eigenvalue weighted by Crippen LogP contribution is 2.42. The molecule has 1 aliphatic heterocycles. The third-order valence-electron chi connectivity index (χ3n) is 4.13. The number of rotatable bonds is 4. The SMILES string of the molecule is COCC1CCN(C(=O)C2(CN)CCC2)C1. The minimum Gasteiger partial charge on any atom is -0.384 e. The van der Waals surface area contributed by atoms with Crippen LogP contribution in [0.1, 0.15) is 25.7 Å². The number of ether oxygens (including phenoxy) is 1. The molecule has 0 aromatic heterocycles. The monoisotopic (exact) mass is 226 g/mol. The molecule has 1 saturated heterocycles. The first kappa shape index (κ1) is 11.9. The summed E-state index contributed by atoms with van der Waals surface area (Å²) in [4.78, 5) is 14.3. The molecule has 4 nitrogen and oxygen atoms in total. The Morgan fingerprint density at radius 3 is 2.81 bits per heavy atom.